The number of para-hydroxylation sites is 1. The fourth-order valence-electron chi connectivity index (χ4n) is 2.42. The summed E-state index contributed by atoms with van der Waals surface area (Å²) in [5, 5.41) is 2.25. The van der Waals surface area contributed by atoms with Crippen molar-refractivity contribution in [3.63, 3.8) is 0 Å². The molecule has 18 heavy (non-hydrogen) atoms. The summed E-state index contributed by atoms with van der Waals surface area (Å²) < 4.78 is 0. The molecule has 5 nitrogen and oxygen atoms in total. The lowest BCUT2D eigenvalue weighted by Crippen LogP contribution is -2.53. The molecular weight excluding hydrogens is 232 g/mol. The highest BCUT2D eigenvalue weighted by Gasteiger charge is 2.39. The molecule has 1 aromatic carbocycles. The normalized spacial score (nSPS) is 19.4. The molecule has 3 rings (SSSR count). The molecule has 2 aliphatic rings. The van der Waals surface area contributed by atoms with Gasteiger partial charge in [-0.2, -0.15) is 5.01 Å². The number of hydrogen-bond donors (Lipinski definition) is 0. The first-order valence-corrected chi connectivity index (χ1v) is 5.95. The molecule has 0 bridgehead atoms. The maximum Gasteiger partial charge on any atom is 0.250 e. The number of hydrogen-bond acceptors (Lipinski definition) is 3. The van der Waals surface area contributed by atoms with Crippen LogP contribution in [0.1, 0.15) is 24.8 Å². The quantitative estimate of drug-likeness (QED) is 0.693. The van der Waals surface area contributed by atoms with Crippen molar-refractivity contribution in [2.75, 3.05) is 5.01 Å². The van der Waals surface area contributed by atoms with Gasteiger partial charge in [-0.15, -0.1) is 0 Å². The number of anilines is 1. The maximum absolute atomic E-state index is 12.0. The Morgan fingerprint density at radius 1 is 0.833 bits per heavy atom. The number of benzene rings is 1. The number of fused-ring (bicyclic) bond motifs is 1. The minimum absolute atomic E-state index is 0.222. The van der Waals surface area contributed by atoms with Crippen molar-refractivity contribution in [2.24, 2.45) is 0 Å². The van der Waals surface area contributed by atoms with E-state index < -0.39 is 0 Å². The van der Waals surface area contributed by atoms with Crippen molar-refractivity contribution in [3.8, 4) is 0 Å². The summed E-state index contributed by atoms with van der Waals surface area (Å²) in [5.41, 5.74) is 1.50. The largest absolute Gasteiger partial charge is 0.273 e. The van der Waals surface area contributed by atoms with Crippen LogP contribution < -0.4 is 5.01 Å². The first-order valence-electron chi connectivity index (χ1n) is 5.95. The Balaban J connectivity index is 2.03. The maximum atomic E-state index is 12.0. The van der Waals surface area contributed by atoms with Crippen molar-refractivity contribution in [2.45, 2.75) is 25.7 Å². The van der Waals surface area contributed by atoms with Gasteiger partial charge in [0.25, 0.3) is 5.91 Å². The summed E-state index contributed by atoms with van der Waals surface area (Å²) in [6, 6.07) is 7.24. The zero-order valence-electron chi connectivity index (χ0n) is 9.76. The molecule has 2 aliphatic heterocycles. The summed E-state index contributed by atoms with van der Waals surface area (Å²) in [6.45, 7) is 0. The first kappa shape index (κ1) is 11.0. The predicted molar refractivity (Wildman–Crippen MR) is 63.3 cm³/mol. The van der Waals surface area contributed by atoms with Crippen LogP contribution in [-0.2, 0) is 20.8 Å². The van der Waals surface area contributed by atoms with Gasteiger partial charge in [-0.3, -0.25) is 14.4 Å². The van der Waals surface area contributed by atoms with Crippen molar-refractivity contribution in [3.05, 3.63) is 29.8 Å². The van der Waals surface area contributed by atoms with Crippen LogP contribution in [0.4, 0.5) is 5.69 Å². The Labute approximate surface area is 104 Å². The van der Waals surface area contributed by atoms with Gasteiger partial charge in [-0.1, -0.05) is 18.2 Å². The molecule has 92 valence electrons. The molecule has 1 fully saturated rings. The fraction of sp³-hybridized carbons (Fsp3) is 0.308. The Bertz CT molecular complexity index is 537. The van der Waals surface area contributed by atoms with Gasteiger partial charge in [0.15, 0.2) is 0 Å². The first-order chi connectivity index (χ1) is 8.68. The second-order valence-corrected chi connectivity index (χ2v) is 4.46. The number of amides is 3. The molecule has 0 saturated carbocycles. The van der Waals surface area contributed by atoms with Crippen LogP contribution in [0.3, 0.4) is 0 Å². The highest BCUT2D eigenvalue weighted by molar-refractivity contribution is 6.09. The van der Waals surface area contributed by atoms with E-state index in [4.69, 9.17) is 0 Å². The lowest BCUT2D eigenvalue weighted by molar-refractivity contribution is -0.151. The van der Waals surface area contributed by atoms with Crippen LogP contribution in [0.5, 0.6) is 0 Å². The van der Waals surface area contributed by atoms with E-state index in [9.17, 15) is 14.4 Å². The summed E-state index contributed by atoms with van der Waals surface area (Å²) in [4.78, 5) is 35.7. The number of imide groups is 1. The highest BCUT2D eigenvalue weighted by atomic mass is 16.2. The standard InChI is InChI=1S/C13H12N2O3/c16-11-6-3-7-12(17)15(11)14-10-5-2-1-4-9(10)8-13(14)18/h1-2,4-5H,3,6-8H2. The minimum Gasteiger partial charge on any atom is -0.273 e. The van der Waals surface area contributed by atoms with Gasteiger partial charge in [-0.25, -0.2) is 5.01 Å². The van der Waals surface area contributed by atoms with Crippen molar-refractivity contribution >= 4 is 23.4 Å². The molecule has 0 spiro atoms. The smallest absolute Gasteiger partial charge is 0.250 e. The third kappa shape index (κ3) is 1.51. The van der Waals surface area contributed by atoms with Gasteiger partial charge in [0, 0.05) is 12.8 Å². The Kier molecular flexibility index (Phi) is 2.40. The van der Waals surface area contributed by atoms with E-state index in [2.05, 4.69) is 0 Å². The van der Waals surface area contributed by atoms with E-state index in [1.807, 2.05) is 12.1 Å². The topological polar surface area (TPSA) is 57.7 Å². The average molecular weight is 244 g/mol. The lowest BCUT2D eigenvalue weighted by Gasteiger charge is -2.32. The lowest BCUT2D eigenvalue weighted by atomic mass is 10.1. The second-order valence-electron chi connectivity index (χ2n) is 4.46. The van der Waals surface area contributed by atoms with E-state index in [0.29, 0.717) is 24.9 Å². The summed E-state index contributed by atoms with van der Waals surface area (Å²) in [5.74, 6) is -0.813. The third-order valence-electron chi connectivity index (χ3n) is 3.25. The molecule has 3 amide bonds. The Hall–Kier alpha value is -2.17. The number of carbonyl (C=O) groups excluding carboxylic acids is 3. The molecule has 0 aliphatic carbocycles. The second kappa shape index (κ2) is 3.94. The van der Waals surface area contributed by atoms with Crippen molar-refractivity contribution in [1.29, 1.82) is 0 Å². The van der Waals surface area contributed by atoms with E-state index in [1.54, 1.807) is 12.1 Å². The zero-order valence-corrected chi connectivity index (χ0v) is 9.76. The molecular formula is C13H12N2O3. The molecule has 1 saturated heterocycles. The molecule has 0 radical (unpaired) electrons. The predicted octanol–water partition coefficient (Wildman–Crippen LogP) is 1.03. The number of rotatable bonds is 1. The van der Waals surface area contributed by atoms with Crippen LogP contribution in [0.2, 0.25) is 0 Å². The van der Waals surface area contributed by atoms with Gasteiger partial charge in [0.05, 0.1) is 12.1 Å². The number of carbonyl (C=O) groups is 3. The minimum atomic E-state index is -0.295. The van der Waals surface area contributed by atoms with E-state index >= 15 is 0 Å². The third-order valence-corrected chi connectivity index (χ3v) is 3.25. The van der Waals surface area contributed by atoms with Gasteiger partial charge in [0.2, 0.25) is 11.8 Å². The molecule has 2 heterocycles. The molecule has 0 atom stereocenters. The molecule has 0 unspecified atom stereocenters. The number of nitrogens with zero attached hydrogens (tertiary/aromatic N) is 2. The number of hydrazine groups is 1. The van der Waals surface area contributed by atoms with Gasteiger partial charge in [-0.05, 0) is 18.1 Å². The van der Waals surface area contributed by atoms with Crippen LogP contribution >= 0.6 is 0 Å². The summed E-state index contributed by atoms with van der Waals surface area (Å²) in [6.07, 6.45) is 1.44. The van der Waals surface area contributed by atoms with Gasteiger partial charge < -0.3 is 0 Å². The molecule has 0 aromatic heterocycles. The average Bonchev–Trinajstić information content (AvgIpc) is 2.66. The highest BCUT2D eigenvalue weighted by Crippen LogP contribution is 2.31. The fourth-order valence-corrected chi connectivity index (χ4v) is 2.42. The zero-order chi connectivity index (χ0) is 12.7. The van der Waals surface area contributed by atoms with Gasteiger partial charge >= 0.3 is 0 Å². The van der Waals surface area contributed by atoms with Gasteiger partial charge in [0.1, 0.15) is 0 Å². The number of piperidine rings is 1. The molecule has 5 heteroatoms. The monoisotopic (exact) mass is 244 g/mol. The summed E-state index contributed by atoms with van der Waals surface area (Å²) >= 11 is 0. The van der Waals surface area contributed by atoms with E-state index in [0.717, 1.165) is 10.6 Å². The van der Waals surface area contributed by atoms with Crippen LogP contribution in [-0.4, -0.2) is 22.7 Å². The SMILES string of the molecule is O=C1CCCC(=O)N1N1C(=O)Cc2ccccc21. The van der Waals surface area contributed by atoms with Crippen LogP contribution in [0, 0.1) is 0 Å². The molecule has 1 aromatic rings. The van der Waals surface area contributed by atoms with Crippen LogP contribution in [0.25, 0.3) is 0 Å². The Morgan fingerprint density at radius 3 is 2.22 bits per heavy atom. The van der Waals surface area contributed by atoms with Crippen LogP contribution in [0.15, 0.2) is 24.3 Å². The Morgan fingerprint density at radius 2 is 1.50 bits per heavy atom. The summed E-state index contributed by atoms with van der Waals surface area (Å²) in [7, 11) is 0. The van der Waals surface area contributed by atoms with Crippen molar-refractivity contribution < 1.29 is 14.4 Å². The molecule has 0 N–H and O–H groups in total. The van der Waals surface area contributed by atoms with E-state index in [-0.39, 0.29) is 24.1 Å². The van der Waals surface area contributed by atoms with E-state index in [1.165, 1.54) is 5.01 Å². The van der Waals surface area contributed by atoms with Crippen molar-refractivity contribution in [1.82, 2.24) is 5.01 Å².